The van der Waals surface area contributed by atoms with Crippen molar-refractivity contribution in [3.8, 4) is 0 Å². The summed E-state index contributed by atoms with van der Waals surface area (Å²) in [7, 11) is 0. The van der Waals surface area contributed by atoms with Crippen LogP contribution >= 0.6 is 0 Å². The van der Waals surface area contributed by atoms with Crippen LogP contribution < -0.4 is 0 Å². The predicted molar refractivity (Wildman–Crippen MR) is 127 cm³/mol. The third-order valence-electron chi connectivity index (χ3n) is 4.85. The number of unbranched alkanes of at least 4 members (excludes halogenated alkanes) is 8. The highest BCUT2D eigenvalue weighted by molar-refractivity contribution is 5.69. The standard InChI is InChI=1S/C25H48O8/c1-3-5-6-7-8-9-10-11-12-13-24(26)33-23-22-31-21-20-30-19-18-29-17-16-28-15-14-25(27)32-4-2/h3-23H2,1-2H3. The van der Waals surface area contributed by atoms with Gasteiger partial charge in [-0.15, -0.1) is 0 Å². The van der Waals surface area contributed by atoms with Crippen molar-refractivity contribution < 1.29 is 38.0 Å². The van der Waals surface area contributed by atoms with Gasteiger partial charge in [0.2, 0.25) is 0 Å². The number of hydrogen-bond acceptors (Lipinski definition) is 8. The molecule has 0 atom stereocenters. The van der Waals surface area contributed by atoms with E-state index in [2.05, 4.69) is 6.92 Å². The molecule has 0 unspecified atom stereocenters. The summed E-state index contributed by atoms with van der Waals surface area (Å²) < 4.78 is 31.4. The summed E-state index contributed by atoms with van der Waals surface area (Å²) in [4.78, 5) is 22.8. The molecule has 0 aromatic heterocycles. The Balaban J connectivity index is 3.17. The molecule has 0 aliphatic heterocycles. The van der Waals surface area contributed by atoms with Gasteiger partial charge in [-0.2, -0.15) is 0 Å². The van der Waals surface area contributed by atoms with Crippen molar-refractivity contribution in [1.82, 2.24) is 0 Å². The lowest BCUT2D eigenvalue weighted by Gasteiger charge is -2.08. The SMILES string of the molecule is CCCCCCCCCCCC(=O)OCCOCCOCCOCCOCCC(=O)OCC. The van der Waals surface area contributed by atoms with Crippen LogP contribution in [0.4, 0.5) is 0 Å². The van der Waals surface area contributed by atoms with E-state index in [0.717, 1.165) is 12.8 Å². The average molecular weight is 477 g/mol. The van der Waals surface area contributed by atoms with Gasteiger partial charge in [0.25, 0.3) is 0 Å². The molecule has 0 saturated carbocycles. The minimum atomic E-state index is -0.249. The van der Waals surface area contributed by atoms with Crippen LogP contribution in [0, 0.1) is 0 Å². The van der Waals surface area contributed by atoms with Crippen molar-refractivity contribution in [3.63, 3.8) is 0 Å². The molecule has 0 heterocycles. The number of rotatable bonds is 26. The summed E-state index contributed by atoms with van der Waals surface area (Å²) >= 11 is 0. The van der Waals surface area contributed by atoms with Crippen molar-refractivity contribution in [2.24, 2.45) is 0 Å². The van der Waals surface area contributed by atoms with Crippen molar-refractivity contribution in [2.75, 3.05) is 66.1 Å². The third-order valence-corrected chi connectivity index (χ3v) is 4.85. The van der Waals surface area contributed by atoms with E-state index in [1.54, 1.807) is 6.92 Å². The molecule has 0 aliphatic rings. The molecule has 196 valence electrons. The van der Waals surface area contributed by atoms with Crippen LogP contribution in [0.2, 0.25) is 0 Å². The van der Waals surface area contributed by atoms with Gasteiger partial charge < -0.3 is 28.4 Å². The molecule has 8 heteroatoms. The van der Waals surface area contributed by atoms with Gasteiger partial charge in [0, 0.05) is 6.42 Å². The topological polar surface area (TPSA) is 89.5 Å². The quantitative estimate of drug-likeness (QED) is 0.133. The van der Waals surface area contributed by atoms with Gasteiger partial charge in [0.05, 0.1) is 65.9 Å². The molecule has 0 aromatic carbocycles. The number of ether oxygens (including phenoxy) is 6. The Morgan fingerprint density at radius 3 is 1.39 bits per heavy atom. The van der Waals surface area contributed by atoms with E-state index in [4.69, 9.17) is 28.4 Å². The summed E-state index contributed by atoms with van der Waals surface area (Å²) in [6, 6.07) is 0. The van der Waals surface area contributed by atoms with Crippen molar-refractivity contribution in [3.05, 3.63) is 0 Å². The van der Waals surface area contributed by atoms with Crippen molar-refractivity contribution in [1.29, 1.82) is 0 Å². The van der Waals surface area contributed by atoms with E-state index in [1.165, 1.54) is 44.9 Å². The lowest BCUT2D eigenvalue weighted by Crippen LogP contribution is -2.15. The minimum absolute atomic E-state index is 0.139. The van der Waals surface area contributed by atoms with Crippen LogP contribution in [0.3, 0.4) is 0 Å². The molecular formula is C25H48O8. The lowest BCUT2D eigenvalue weighted by atomic mass is 10.1. The Morgan fingerprint density at radius 2 is 0.879 bits per heavy atom. The fourth-order valence-corrected chi connectivity index (χ4v) is 3.02. The summed E-state index contributed by atoms with van der Waals surface area (Å²) in [5, 5.41) is 0. The van der Waals surface area contributed by atoms with Crippen LogP contribution in [0.5, 0.6) is 0 Å². The zero-order valence-electron chi connectivity index (χ0n) is 21.1. The molecular weight excluding hydrogens is 428 g/mol. The highest BCUT2D eigenvalue weighted by atomic mass is 16.6. The van der Waals surface area contributed by atoms with Crippen LogP contribution in [-0.2, 0) is 38.0 Å². The number of hydrogen-bond donors (Lipinski definition) is 0. The average Bonchev–Trinajstić information content (AvgIpc) is 2.80. The lowest BCUT2D eigenvalue weighted by molar-refractivity contribution is -0.146. The predicted octanol–water partition coefficient (Wildman–Crippen LogP) is 4.47. The zero-order chi connectivity index (χ0) is 24.2. The first-order valence-corrected chi connectivity index (χ1v) is 12.8. The second-order valence-electron chi connectivity index (χ2n) is 7.80. The van der Waals surface area contributed by atoms with Gasteiger partial charge in [-0.1, -0.05) is 58.3 Å². The Morgan fingerprint density at radius 1 is 0.455 bits per heavy atom. The first kappa shape index (κ1) is 31.8. The summed E-state index contributed by atoms with van der Waals surface area (Å²) in [5.41, 5.74) is 0. The second kappa shape index (κ2) is 27.0. The highest BCUT2D eigenvalue weighted by Gasteiger charge is 2.03. The van der Waals surface area contributed by atoms with E-state index in [0.29, 0.717) is 65.9 Å². The molecule has 0 fully saturated rings. The largest absolute Gasteiger partial charge is 0.466 e. The first-order valence-electron chi connectivity index (χ1n) is 12.8. The summed E-state index contributed by atoms with van der Waals surface area (Å²) in [6.07, 6.45) is 11.9. The maximum absolute atomic E-state index is 11.7. The van der Waals surface area contributed by atoms with Crippen molar-refractivity contribution >= 4 is 11.9 Å². The number of carbonyl (C=O) groups is 2. The van der Waals surface area contributed by atoms with Gasteiger partial charge in [0.15, 0.2) is 0 Å². The zero-order valence-corrected chi connectivity index (χ0v) is 21.1. The Labute approximate surface area is 201 Å². The maximum Gasteiger partial charge on any atom is 0.308 e. The van der Waals surface area contributed by atoms with E-state index < -0.39 is 0 Å². The van der Waals surface area contributed by atoms with E-state index in [-0.39, 0.29) is 25.0 Å². The second-order valence-corrected chi connectivity index (χ2v) is 7.80. The minimum Gasteiger partial charge on any atom is -0.466 e. The first-order chi connectivity index (χ1) is 16.2. The van der Waals surface area contributed by atoms with E-state index >= 15 is 0 Å². The maximum atomic E-state index is 11.7. The molecule has 0 aliphatic carbocycles. The molecule has 0 amide bonds. The van der Waals surface area contributed by atoms with Crippen LogP contribution in [0.15, 0.2) is 0 Å². The van der Waals surface area contributed by atoms with Gasteiger partial charge in [-0.05, 0) is 13.3 Å². The molecule has 0 aromatic rings. The van der Waals surface area contributed by atoms with Crippen molar-refractivity contribution in [2.45, 2.75) is 84.5 Å². The van der Waals surface area contributed by atoms with E-state index in [1.807, 2.05) is 0 Å². The monoisotopic (exact) mass is 476 g/mol. The molecule has 0 spiro atoms. The molecule has 33 heavy (non-hydrogen) atoms. The fourth-order valence-electron chi connectivity index (χ4n) is 3.02. The molecule has 0 bridgehead atoms. The van der Waals surface area contributed by atoms with Crippen LogP contribution in [0.1, 0.15) is 84.5 Å². The van der Waals surface area contributed by atoms with Gasteiger partial charge in [0.1, 0.15) is 6.61 Å². The summed E-state index contributed by atoms with van der Waals surface area (Å²) in [5.74, 6) is -0.388. The fraction of sp³-hybridized carbons (Fsp3) is 0.920. The molecule has 8 nitrogen and oxygen atoms in total. The number of esters is 2. The highest BCUT2D eigenvalue weighted by Crippen LogP contribution is 2.10. The normalized spacial score (nSPS) is 11.0. The van der Waals surface area contributed by atoms with Gasteiger partial charge in [-0.25, -0.2) is 0 Å². The smallest absolute Gasteiger partial charge is 0.308 e. The Hall–Kier alpha value is -1.22. The van der Waals surface area contributed by atoms with E-state index in [9.17, 15) is 9.59 Å². The van der Waals surface area contributed by atoms with Crippen LogP contribution in [0.25, 0.3) is 0 Å². The molecule has 0 rings (SSSR count). The van der Waals surface area contributed by atoms with Gasteiger partial charge in [-0.3, -0.25) is 9.59 Å². The number of carbonyl (C=O) groups excluding carboxylic acids is 2. The van der Waals surface area contributed by atoms with Gasteiger partial charge >= 0.3 is 11.9 Å². The molecule has 0 N–H and O–H groups in total. The Kier molecular flexibility index (Phi) is 26.0. The molecule has 0 saturated heterocycles. The summed E-state index contributed by atoms with van der Waals surface area (Å²) in [6.45, 7) is 8.15. The van der Waals surface area contributed by atoms with Crippen LogP contribution in [-0.4, -0.2) is 78.0 Å². The Bertz CT molecular complexity index is 431. The third kappa shape index (κ3) is 26.9. The molecule has 0 radical (unpaired) electrons.